The van der Waals surface area contributed by atoms with Crippen LogP contribution in [0, 0.1) is 5.92 Å². The molecule has 1 fully saturated rings. The first-order chi connectivity index (χ1) is 14.7. The van der Waals surface area contributed by atoms with Gasteiger partial charge in [0.25, 0.3) is 5.91 Å². The number of amides is 2. The third-order valence-electron chi connectivity index (χ3n) is 5.83. The normalized spacial score (nSPS) is 17.1. The van der Waals surface area contributed by atoms with Crippen molar-refractivity contribution in [2.75, 3.05) is 20.8 Å². The molecule has 2 atom stereocenters. The first-order valence-corrected chi connectivity index (χ1v) is 10.2. The minimum absolute atomic E-state index is 0.212. The van der Waals surface area contributed by atoms with Crippen molar-refractivity contribution in [2.45, 2.75) is 38.8 Å². The number of hydrogen-bond acceptors (Lipinski definition) is 5. The number of ether oxygens (including phenoxy) is 2. The van der Waals surface area contributed by atoms with Crippen LogP contribution in [0.5, 0.6) is 11.5 Å². The number of methoxy groups -OCH3 is 2. The smallest absolute Gasteiger partial charge is 0.326 e. The number of nitrogens with zero attached hydrogens (tertiary/aromatic N) is 2. The molecule has 1 aromatic carbocycles. The molecule has 2 amide bonds. The topological polar surface area (TPSA) is 110 Å². The maximum atomic E-state index is 13.1. The number of hydrogen-bond donors (Lipinski definition) is 2. The van der Waals surface area contributed by atoms with Gasteiger partial charge in [0.2, 0.25) is 5.91 Å². The quantitative estimate of drug-likeness (QED) is 0.694. The van der Waals surface area contributed by atoms with Crippen LogP contribution < -0.4 is 14.8 Å². The van der Waals surface area contributed by atoms with Crippen molar-refractivity contribution in [2.24, 2.45) is 13.0 Å². The highest BCUT2D eigenvalue weighted by molar-refractivity contribution is 6.02. The Hall–Kier alpha value is -3.23. The Labute approximate surface area is 180 Å². The molecule has 168 valence electrons. The molecule has 1 aromatic heterocycles. The standard InChI is InChI=1S/C22H29N3O6/c1-12(2)19(21(27)25-8-6-7-15(25)22(28)29)23-20(26)17-11-14-16(24(17)3)9-13(30-4)10-18(14)31-5/h9-12,15,19H,6-8H2,1-5H3,(H,23,26)(H,28,29). The average molecular weight is 431 g/mol. The fourth-order valence-corrected chi connectivity index (χ4v) is 4.07. The Balaban J connectivity index is 1.91. The van der Waals surface area contributed by atoms with Gasteiger partial charge in [0.1, 0.15) is 29.3 Å². The minimum atomic E-state index is -1.02. The zero-order valence-corrected chi connectivity index (χ0v) is 18.5. The summed E-state index contributed by atoms with van der Waals surface area (Å²) in [5.41, 5.74) is 1.11. The number of aromatic nitrogens is 1. The molecule has 1 aliphatic heterocycles. The van der Waals surface area contributed by atoms with Crippen molar-refractivity contribution in [3.05, 3.63) is 23.9 Å². The van der Waals surface area contributed by atoms with Crippen LogP contribution in [-0.4, -0.2) is 65.2 Å². The first kappa shape index (κ1) is 22.5. The second-order valence-corrected chi connectivity index (χ2v) is 8.07. The first-order valence-electron chi connectivity index (χ1n) is 10.2. The van der Waals surface area contributed by atoms with E-state index in [2.05, 4.69) is 5.32 Å². The Morgan fingerprint density at radius 1 is 1.16 bits per heavy atom. The van der Waals surface area contributed by atoms with Gasteiger partial charge in [0.05, 0.1) is 19.7 Å². The van der Waals surface area contributed by atoms with Crippen LogP contribution in [0.15, 0.2) is 18.2 Å². The van der Waals surface area contributed by atoms with Gasteiger partial charge in [-0.05, 0) is 24.8 Å². The van der Waals surface area contributed by atoms with Crippen molar-refractivity contribution in [1.82, 2.24) is 14.8 Å². The zero-order chi connectivity index (χ0) is 22.9. The predicted octanol–water partition coefficient (Wildman–Crippen LogP) is 2.03. The van der Waals surface area contributed by atoms with E-state index in [1.807, 2.05) is 13.8 Å². The van der Waals surface area contributed by atoms with E-state index in [9.17, 15) is 19.5 Å². The fraction of sp³-hybridized carbons (Fsp3) is 0.500. The van der Waals surface area contributed by atoms with Crippen LogP contribution >= 0.6 is 0 Å². The molecule has 9 heteroatoms. The molecule has 2 unspecified atom stereocenters. The number of carboxylic acid groups (broad SMARTS) is 1. The molecule has 1 aliphatic rings. The van der Waals surface area contributed by atoms with Crippen molar-refractivity contribution < 1.29 is 29.0 Å². The fourth-order valence-electron chi connectivity index (χ4n) is 4.07. The minimum Gasteiger partial charge on any atom is -0.497 e. The number of nitrogens with one attached hydrogen (secondary N) is 1. The number of likely N-dealkylation sites (tertiary alicyclic amines) is 1. The monoisotopic (exact) mass is 431 g/mol. The maximum Gasteiger partial charge on any atom is 0.326 e. The number of aryl methyl sites for hydroxylation is 1. The van der Waals surface area contributed by atoms with Crippen LogP contribution in [0.2, 0.25) is 0 Å². The summed E-state index contributed by atoms with van der Waals surface area (Å²) in [5.74, 6) is -0.849. The summed E-state index contributed by atoms with van der Waals surface area (Å²) in [5, 5.41) is 13.0. The Morgan fingerprint density at radius 3 is 2.45 bits per heavy atom. The third-order valence-corrected chi connectivity index (χ3v) is 5.83. The van der Waals surface area contributed by atoms with E-state index in [1.165, 1.54) is 4.90 Å². The van der Waals surface area contributed by atoms with Gasteiger partial charge in [0.15, 0.2) is 0 Å². The van der Waals surface area contributed by atoms with Gasteiger partial charge in [-0.2, -0.15) is 0 Å². The van der Waals surface area contributed by atoms with Crippen LogP contribution in [0.25, 0.3) is 10.9 Å². The van der Waals surface area contributed by atoms with E-state index in [4.69, 9.17) is 9.47 Å². The van der Waals surface area contributed by atoms with Gasteiger partial charge in [-0.15, -0.1) is 0 Å². The molecule has 31 heavy (non-hydrogen) atoms. The van der Waals surface area contributed by atoms with E-state index >= 15 is 0 Å². The summed E-state index contributed by atoms with van der Waals surface area (Å²) < 4.78 is 12.5. The van der Waals surface area contributed by atoms with E-state index < -0.39 is 24.0 Å². The highest BCUT2D eigenvalue weighted by Gasteiger charge is 2.38. The average Bonchev–Trinajstić information content (AvgIpc) is 3.36. The molecule has 2 N–H and O–H groups in total. The highest BCUT2D eigenvalue weighted by Crippen LogP contribution is 2.33. The molecule has 0 aliphatic carbocycles. The second kappa shape index (κ2) is 8.87. The van der Waals surface area contributed by atoms with E-state index in [0.717, 1.165) is 10.9 Å². The van der Waals surface area contributed by atoms with Gasteiger partial charge in [0, 0.05) is 31.1 Å². The molecule has 0 radical (unpaired) electrons. The lowest BCUT2D eigenvalue weighted by molar-refractivity contribution is -0.149. The number of carbonyl (C=O) groups excluding carboxylic acids is 2. The van der Waals surface area contributed by atoms with E-state index in [0.29, 0.717) is 36.6 Å². The van der Waals surface area contributed by atoms with Crippen LogP contribution in [-0.2, 0) is 16.6 Å². The van der Waals surface area contributed by atoms with Crippen molar-refractivity contribution >= 4 is 28.7 Å². The Morgan fingerprint density at radius 2 is 1.87 bits per heavy atom. The molecular weight excluding hydrogens is 402 g/mol. The number of carbonyl (C=O) groups is 3. The maximum absolute atomic E-state index is 13.1. The van der Waals surface area contributed by atoms with Crippen LogP contribution in [0.3, 0.4) is 0 Å². The largest absolute Gasteiger partial charge is 0.497 e. The number of aliphatic carboxylic acids is 1. The number of benzene rings is 1. The number of fused-ring (bicyclic) bond motifs is 1. The van der Waals surface area contributed by atoms with Gasteiger partial charge in [-0.25, -0.2) is 4.79 Å². The molecule has 2 aromatic rings. The van der Waals surface area contributed by atoms with E-state index in [-0.39, 0.29) is 11.8 Å². The van der Waals surface area contributed by atoms with Crippen molar-refractivity contribution in [1.29, 1.82) is 0 Å². The predicted molar refractivity (Wildman–Crippen MR) is 114 cm³/mol. The molecule has 1 saturated heterocycles. The number of carboxylic acids is 1. The molecule has 0 bridgehead atoms. The lowest BCUT2D eigenvalue weighted by Crippen LogP contribution is -2.53. The molecule has 0 spiro atoms. The Kier molecular flexibility index (Phi) is 6.42. The summed E-state index contributed by atoms with van der Waals surface area (Å²) in [4.78, 5) is 39.1. The van der Waals surface area contributed by atoms with Crippen molar-refractivity contribution in [3.63, 3.8) is 0 Å². The molecular formula is C22H29N3O6. The van der Waals surface area contributed by atoms with Gasteiger partial charge in [-0.3, -0.25) is 9.59 Å². The summed E-state index contributed by atoms with van der Waals surface area (Å²) >= 11 is 0. The lowest BCUT2D eigenvalue weighted by Gasteiger charge is -2.29. The SMILES string of the molecule is COc1cc(OC)c2cc(C(=O)NC(C(=O)N3CCCC3C(=O)O)C(C)C)n(C)c2c1. The molecule has 2 heterocycles. The summed E-state index contributed by atoms with van der Waals surface area (Å²) in [6, 6.07) is 3.58. The van der Waals surface area contributed by atoms with Gasteiger partial charge in [-0.1, -0.05) is 13.8 Å². The Bertz CT molecular complexity index is 1010. The lowest BCUT2D eigenvalue weighted by atomic mass is 10.0. The molecule has 0 saturated carbocycles. The van der Waals surface area contributed by atoms with E-state index in [1.54, 1.807) is 44.0 Å². The van der Waals surface area contributed by atoms with Gasteiger partial charge < -0.3 is 29.4 Å². The second-order valence-electron chi connectivity index (χ2n) is 8.07. The third kappa shape index (κ3) is 4.17. The summed E-state index contributed by atoms with van der Waals surface area (Å²) in [6.45, 7) is 4.02. The molecule has 3 rings (SSSR count). The summed E-state index contributed by atoms with van der Waals surface area (Å²) in [7, 11) is 4.85. The van der Waals surface area contributed by atoms with Gasteiger partial charge >= 0.3 is 5.97 Å². The number of rotatable bonds is 7. The van der Waals surface area contributed by atoms with Crippen LogP contribution in [0.1, 0.15) is 37.2 Å². The molecule has 9 nitrogen and oxygen atoms in total. The zero-order valence-electron chi connectivity index (χ0n) is 18.5. The van der Waals surface area contributed by atoms with Crippen molar-refractivity contribution in [3.8, 4) is 11.5 Å². The summed E-state index contributed by atoms with van der Waals surface area (Å²) in [6.07, 6.45) is 1.05. The highest BCUT2D eigenvalue weighted by atomic mass is 16.5. The van der Waals surface area contributed by atoms with Crippen LogP contribution in [0.4, 0.5) is 0 Å².